The predicted octanol–water partition coefficient (Wildman–Crippen LogP) is 5.15. The minimum atomic E-state index is 1.13. The van der Waals surface area contributed by atoms with E-state index in [2.05, 4.69) is 57.7 Å². The Kier molecular flexibility index (Phi) is 3.33. The summed E-state index contributed by atoms with van der Waals surface area (Å²) in [6.45, 7) is 10.5. The zero-order valence-electron chi connectivity index (χ0n) is 11.0. The van der Waals surface area contributed by atoms with Crippen LogP contribution >= 0.6 is 0 Å². The molecule has 0 aromatic heterocycles. The molecule has 1 aliphatic carbocycles. The van der Waals surface area contributed by atoms with Crippen LogP contribution in [0, 0.1) is 6.92 Å². The lowest BCUT2D eigenvalue weighted by molar-refractivity contribution is 0.967. The summed E-state index contributed by atoms with van der Waals surface area (Å²) in [7, 11) is 0. The molecule has 0 spiro atoms. The van der Waals surface area contributed by atoms with Gasteiger partial charge >= 0.3 is 0 Å². The highest BCUT2D eigenvalue weighted by molar-refractivity contribution is 5.81. The van der Waals surface area contributed by atoms with Gasteiger partial charge in [0.1, 0.15) is 0 Å². The van der Waals surface area contributed by atoms with Crippen LogP contribution in [0.4, 0.5) is 0 Å². The average Bonchev–Trinajstić information content (AvgIpc) is 2.30. The van der Waals surface area contributed by atoms with Gasteiger partial charge in [0.05, 0.1) is 0 Å². The van der Waals surface area contributed by atoms with Crippen molar-refractivity contribution in [2.75, 3.05) is 0 Å². The molecular formula is C17H20. The first-order valence-corrected chi connectivity index (χ1v) is 6.23. The van der Waals surface area contributed by atoms with Crippen molar-refractivity contribution < 1.29 is 0 Å². The molecule has 0 bridgehead atoms. The van der Waals surface area contributed by atoms with Gasteiger partial charge in [-0.15, -0.1) is 0 Å². The van der Waals surface area contributed by atoms with Gasteiger partial charge in [-0.25, -0.2) is 0 Å². The molecule has 0 saturated carbocycles. The van der Waals surface area contributed by atoms with E-state index in [-0.39, 0.29) is 0 Å². The van der Waals surface area contributed by atoms with Gasteiger partial charge in [-0.05, 0) is 61.9 Å². The van der Waals surface area contributed by atoms with Gasteiger partial charge in [0.25, 0.3) is 0 Å². The molecule has 1 aliphatic rings. The van der Waals surface area contributed by atoms with E-state index in [0.717, 1.165) is 5.57 Å². The highest BCUT2D eigenvalue weighted by Gasteiger charge is 2.10. The first-order chi connectivity index (χ1) is 8.09. The molecule has 0 N–H and O–H groups in total. The maximum Gasteiger partial charge on any atom is -0.0149 e. The minimum Gasteiger partial charge on any atom is -0.0955 e. The first kappa shape index (κ1) is 11.9. The Balaban J connectivity index is 2.55. The second-order valence-corrected chi connectivity index (χ2v) is 4.95. The highest BCUT2D eigenvalue weighted by atomic mass is 14.1. The van der Waals surface area contributed by atoms with Gasteiger partial charge in [-0.3, -0.25) is 0 Å². The monoisotopic (exact) mass is 224 g/mol. The molecule has 0 amide bonds. The number of hydrogen-bond acceptors (Lipinski definition) is 0. The van der Waals surface area contributed by atoms with Crippen LogP contribution in [0.5, 0.6) is 0 Å². The summed E-state index contributed by atoms with van der Waals surface area (Å²) in [4.78, 5) is 0. The van der Waals surface area contributed by atoms with Crippen LogP contribution in [0.1, 0.15) is 43.4 Å². The number of aryl methyl sites for hydroxylation is 1. The maximum absolute atomic E-state index is 4.03. The summed E-state index contributed by atoms with van der Waals surface area (Å²) >= 11 is 0. The molecule has 0 aliphatic heterocycles. The predicted molar refractivity (Wildman–Crippen MR) is 76.9 cm³/mol. The number of rotatable bonds is 2. The standard InChI is InChI=1S/C17H20/c1-12(2)15-10-9-14(4)17(11-15)16-8-6-5-7-13(16)3/h6,8-11H,1,5,7H2,2-4H3. The molecule has 2 rings (SSSR count). The topological polar surface area (TPSA) is 0 Å². The van der Waals surface area contributed by atoms with E-state index in [1.54, 1.807) is 0 Å². The van der Waals surface area contributed by atoms with E-state index < -0.39 is 0 Å². The largest absolute Gasteiger partial charge is 0.0955 e. The van der Waals surface area contributed by atoms with Crippen LogP contribution in [-0.2, 0) is 0 Å². The Bertz CT molecular complexity index is 513. The van der Waals surface area contributed by atoms with E-state index in [1.807, 2.05) is 0 Å². The second kappa shape index (κ2) is 4.75. The van der Waals surface area contributed by atoms with E-state index in [9.17, 15) is 0 Å². The third kappa shape index (κ3) is 2.41. The molecule has 0 heterocycles. The summed E-state index contributed by atoms with van der Waals surface area (Å²) in [5.74, 6) is 0. The van der Waals surface area contributed by atoms with Crippen molar-refractivity contribution in [2.24, 2.45) is 0 Å². The SMILES string of the molecule is C=C(C)c1ccc(C)c(C2=C(C)CCC=C2)c1. The van der Waals surface area contributed by atoms with Gasteiger partial charge in [-0.1, -0.05) is 42.0 Å². The third-order valence-electron chi connectivity index (χ3n) is 3.45. The van der Waals surface area contributed by atoms with Crippen molar-refractivity contribution in [2.45, 2.75) is 33.6 Å². The van der Waals surface area contributed by atoms with Crippen molar-refractivity contribution in [1.29, 1.82) is 0 Å². The van der Waals surface area contributed by atoms with Crippen LogP contribution in [0.3, 0.4) is 0 Å². The molecule has 1 aromatic rings. The van der Waals surface area contributed by atoms with Crippen LogP contribution < -0.4 is 0 Å². The zero-order valence-corrected chi connectivity index (χ0v) is 11.0. The van der Waals surface area contributed by atoms with Gasteiger partial charge < -0.3 is 0 Å². The smallest absolute Gasteiger partial charge is 0.0149 e. The summed E-state index contributed by atoms with van der Waals surface area (Å²) < 4.78 is 0. The second-order valence-electron chi connectivity index (χ2n) is 4.95. The average molecular weight is 224 g/mol. The quantitative estimate of drug-likeness (QED) is 0.651. The fourth-order valence-corrected chi connectivity index (χ4v) is 2.28. The van der Waals surface area contributed by atoms with E-state index in [4.69, 9.17) is 0 Å². The summed E-state index contributed by atoms with van der Waals surface area (Å²) in [6, 6.07) is 6.62. The molecule has 0 heteroatoms. The van der Waals surface area contributed by atoms with Crippen molar-refractivity contribution in [3.8, 4) is 0 Å². The molecule has 88 valence electrons. The lowest BCUT2D eigenvalue weighted by Gasteiger charge is -2.16. The Morgan fingerprint density at radius 3 is 2.65 bits per heavy atom. The third-order valence-corrected chi connectivity index (χ3v) is 3.45. The van der Waals surface area contributed by atoms with Crippen molar-refractivity contribution in [1.82, 2.24) is 0 Å². The molecule has 0 atom stereocenters. The van der Waals surface area contributed by atoms with E-state index in [1.165, 1.54) is 40.7 Å². The maximum atomic E-state index is 4.03. The van der Waals surface area contributed by atoms with E-state index >= 15 is 0 Å². The molecule has 17 heavy (non-hydrogen) atoms. The molecule has 0 nitrogen and oxygen atoms in total. The van der Waals surface area contributed by atoms with Gasteiger partial charge in [0.2, 0.25) is 0 Å². The minimum absolute atomic E-state index is 1.13. The first-order valence-electron chi connectivity index (χ1n) is 6.23. The lowest BCUT2D eigenvalue weighted by atomic mass is 9.89. The highest BCUT2D eigenvalue weighted by Crippen LogP contribution is 2.30. The van der Waals surface area contributed by atoms with Gasteiger partial charge in [0.15, 0.2) is 0 Å². The molecule has 0 unspecified atom stereocenters. The van der Waals surface area contributed by atoms with Gasteiger partial charge in [0, 0.05) is 0 Å². The Morgan fingerprint density at radius 1 is 1.24 bits per heavy atom. The molecule has 0 fully saturated rings. The summed E-state index contributed by atoms with van der Waals surface area (Å²) in [5, 5.41) is 0. The van der Waals surface area contributed by atoms with Crippen LogP contribution in [0.2, 0.25) is 0 Å². The van der Waals surface area contributed by atoms with Crippen molar-refractivity contribution in [3.05, 3.63) is 59.2 Å². The summed E-state index contributed by atoms with van der Waals surface area (Å²) in [5.41, 5.74) is 7.97. The Labute approximate surface area is 104 Å². The molecule has 0 saturated heterocycles. The lowest BCUT2D eigenvalue weighted by Crippen LogP contribution is -1.95. The summed E-state index contributed by atoms with van der Waals surface area (Å²) in [6.07, 6.45) is 6.90. The van der Waals surface area contributed by atoms with Gasteiger partial charge in [-0.2, -0.15) is 0 Å². The molecule has 0 radical (unpaired) electrons. The number of benzene rings is 1. The number of allylic oxidation sites excluding steroid dienone is 5. The van der Waals surface area contributed by atoms with Crippen molar-refractivity contribution >= 4 is 11.1 Å². The Hall–Kier alpha value is -1.56. The number of hydrogen-bond donors (Lipinski definition) is 0. The van der Waals surface area contributed by atoms with Crippen LogP contribution in [-0.4, -0.2) is 0 Å². The fraction of sp³-hybridized carbons (Fsp3) is 0.294. The van der Waals surface area contributed by atoms with Crippen LogP contribution in [0.15, 0.2) is 42.5 Å². The fourth-order valence-electron chi connectivity index (χ4n) is 2.28. The molecule has 1 aromatic carbocycles. The Morgan fingerprint density at radius 2 is 2.00 bits per heavy atom. The normalized spacial score (nSPS) is 15.2. The zero-order chi connectivity index (χ0) is 12.4. The van der Waals surface area contributed by atoms with Crippen molar-refractivity contribution in [3.63, 3.8) is 0 Å². The van der Waals surface area contributed by atoms with E-state index in [0.29, 0.717) is 0 Å². The molecular weight excluding hydrogens is 204 g/mol. The van der Waals surface area contributed by atoms with Crippen LogP contribution in [0.25, 0.3) is 11.1 Å².